The van der Waals surface area contributed by atoms with Gasteiger partial charge in [0.2, 0.25) is 11.8 Å². The number of amides is 2. The molecular formula is C29H30ClN3O3. The first-order valence-corrected chi connectivity index (χ1v) is 12.4. The zero-order valence-corrected chi connectivity index (χ0v) is 21.1. The van der Waals surface area contributed by atoms with Crippen LogP contribution < -0.4 is 5.32 Å². The van der Waals surface area contributed by atoms with E-state index in [1.54, 1.807) is 4.90 Å². The van der Waals surface area contributed by atoms with Crippen molar-refractivity contribution < 1.29 is 14.0 Å². The summed E-state index contributed by atoms with van der Waals surface area (Å²) in [5, 5.41) is 6.46. The number of halogens is 1. The quantitative estimate of drug-likeness (QED) is 0.440. The van der Waals surface area contributed by atoms with Gasteiger partial charge < -0.3 is 14.6 Å². The van der Waals surface area contributed by atoms with Crippen molar-refractivity contribution in [3.63, 3.8) is 0 Å². The zero-order chi connectivity index (χ0) is 23.9. The largest absolute Gasteiger partial charge is 0.461 e. The molecule has 2 aliphatic rings. The Hall–Kier alpha value is -3.35. The molecule has 2 fully saturated rings. The van der Waals surface area contributed by atoms with Gasteiger partial charge in [0.25, 0.3) is 0 Å². The maximum absolute atomic E-state index is 13.3. The number of carbonyl (C=O) groups excluding carboxylic acids is 2. The topological polar surface area (TPSA) is 65.8 Å². The summed E-state index contributed by atoms with van der Waals surface area (Å²) in [6, 6.07) is 21.6. The maximum atomic E-state index is 13.3. The van der Waals surface area contributed by atoms with Crippen LogP contribution in [0.2, 0.25) is 0 Å². The minimum absolute atomic E-state index is 0. The van der Waals surface area contributed by atoms with Crippen LogP contribution in [0, 0.1) is 0 Å². The molecule has 36 heavy (non-hydrogen) atoms. The summed E-state index contributed by atoms with van der Waals surface area (Å²) in [4.78, 5) is 30.5. The number of nitrogens with zero attached hydrogens (tertiary/aromatic N) is 2. The first-order valence-electron chi connectivity index (χ1n) is 12.4. The highest BCUT2D eigenvalue weighted by Gasteiger charge is 2.43. The van der Waals surface area contributed by atoms with E-state index in [1.807, 2.05) is 36.4 Å². The summed E-state index contributed by atoms with van der Waals surface area (Å²) in [5.41, 5.74) is 3.15. The smallest absolute Gasteiger partial charge is 0.246 e. The Balaban J connectivity index is 0.00000267. The molecule has 0 spiro atoms. The third-order valence-corrected chi connectivity index (χ3v) is 7.40. The summed E-state index contributed by atoms with van der Waals surface area (Å²) in [5.74, 6) is 0.950. The highest BCUT2D eigenvalue weighted by molar-refractivity contribution is 5.97. The van der Waals surface area contributed by atoms with Crippen LogP contribution in [0.4, 0.5) is 0 Å². The van der Waals surface area contributed by atoms with Crippen molar-refractivity contribution in [1.82, 2.24) is 15.1 Å². The van der Waals surface area contributed by atoms with E-state index in [4.69, 9.17) is 4.42 Å². The number of nitrogens with one attached hydrogen (secondary N) is 1. The summed E-state index contributed by atoms with van der Waals surface area (Å²) < 4.78 is 6.06. The van der Waals surface area contributed by atoms with Gasteiger partial charge in [0.15, 0.2) is 0 Å². The lowest BCUT2D eigenvalue weighted by atomic mass is 9.97. The standard InChI is InChI=1S/C29H29N3O3.ClH/c1-2-26-23(22-9-5-6-10-27(22)35-26)17-31-13-14-32-25(18-31)28(33)30-24(29(32)34)16-19-11-12-20-7-3-4-8-21(20)15-19;/h3-12,15,24-25H,2,13-14,16-18H2,1H3,(H,30,33);1H. The van der Waals surface area contributed by atoms with Crippen molar-refractivity contribution in [2.45, 2.75) is 38.4 Å². The van der Waals surface area contributed by atoms with Gasteiger partial charge in [-0.05, 0) is 22.4 Å². The number of piperazine rings is 2. The summed E-state index contributed by atoms with van der Waals surface area (Å²) in [6.07, 6.45) is 1.33. The Labute approximate surface area is 216 Å². The highest BCUT2D eigenvalue weighted by Crippen LogP contribution is 2.29. The molecule has 1 aromatic heterocycles. The van der Waals surface area contributed by atoms with Crippen LogP contribution in [0.15, 0.2) is 71.1 Å². The van der Waals surface area contributed by atoms with E-state index in [0.29, 0.717) is 26.1 Å². The molecule has 3 aromatic carbocycles. The Bertz CT molecular complexity index is 1430. The van der Waals surface area contributed by atoms with Crippen LogP contribution in [0.1, 0.15) is 23.8 Å². The molecule has 1 N–H and O–H groups in total. The molecular weight excluding hydrogens is 474 g/mol. The normalized spacial score (nSPS) is 20.3. The number of hydrogen-bond donors (Lipinski definition) is 1. The maximum Gasteiger partial charge on any atom is 0.246 e. The van der Waals surface area contributed by atoms with Crippen molar-refractivity contribution in [1.29, 1.82) is 0 Å². The lowest BCUT2D eigenvalue weighted by Gasteiger charge is -2.45. The summed E-state index contributed by atoms with van der Waals surface area (Å²) >= 11 is 0. The minimum Gasteiger partial charge on any atom is -0.461 e. The summed E-state index contributed by atoms with van der Waals surface area (Å²) in [7, 11) is 0. The second-order valence-electron chi connectivity index (χ2n) is 9.58. The molecule has 2 unspecified atom stereocenters. The van der Waals surface area contributed by atoms with Gasteiger partial charge in [0.1, 0.15) is 23.4 Å². The molecule has 0 radical (unpaired) electrons. The van der Waals surface area contributed by atoms with Crippen LogP contribution in [0.3, 0.4) is 0 Å². The predicted octanol–water partition coefficient (Wildman–Crippen LogP) is 4.32. The fourth-order valence-corrected chi connectivity index (χ4v) is 5.57. The first kappa shape index (κ1) is 24.3. The van der Waals surface area contributed by atoms with Gasteiger partial charge in [0.05, 0.1) is 0 Å². The van der Waals surface area contributed by atoms with Gasteiger partial charge in [-0.1, -0.05) is 67.6 Å². The molecule has 6 nitrogen and oxygen atoms in total. The van der Waals surface area contributed by atoms with Crippen LogP contribution in [-0.2, 0) is 29.0 Å². The van der Waals surface area contributed by atoms with Gasteiger partial charge in [-0.15, -0.1) is 12.4 Å². The van der Waals surface area contributed by atoms with E-state index in [2.05, 4.69) is 47.5 Å². The Kier molecular flexibility index (Phi) is 6.73. The van der Waals surface area contributed by atoms with Crippen molar-refractivity contribution in [2.75, 3.05) is 19.6 Å². The van der Waals surface area contributed by atoms with Gasteiger partial charge in [-0.3, -0.25) is 14.5 Å². The molecule has 2 saturated heterocycles. The van der Waals surface area contributed by atoms with Gasteiger partial charge in [0, 0.05) is 50.0 Å². The lowest BCUT2D eigenvalue weighted by molar-refractivity contribution is -0.153. The van der Waals surface area contributed by atoms with Crippen LogP contribution >= 0.6 is 12.4 Å². The average molecular weight is 504 g/mol. The number of rotatable bonds is 5. The highest BCUT2D eigenvalue weighted by atomic mass is 35.5. The second kappa shape index (κ2) is 9.96. The Morgan fingerprint density at radius 3 is 2.58 bits per heavy atom. The lowest BCUT2D eigenvalue weighted by Crippen LogP contribution is -2.69. The number of aryl methyl sites for hydroxylation is 1. The van der Waals surface area contributed by atoms with E-state index in [-0.39, 0.29) is 24.2 Å². The number of benzene rings is 3. The molecule has 3 heterocycles. The van der Waals surface area contributed by atoms with Gasteiger partial charge >= 0.3 is 0 Å². The van der Waals surface area contributed by atoms with E-state index in [9.17, 15) is 9.59 Å². The fraction of sp³-hybridized carbons (Fsp3) is 0.310. The molecule has 4 aromatic rings. The van der Waals surface area contributed by atoms with Crippen molar-refractivity contribution in [3.05, 3.63) is 83.6 Å². The van der Waals surface area contributed by atoms with E-state index >= 15 is 0 Å². The number of hydrogen-bond acceptors (Lipinski definition) is 4. The molecule has 2 aliphatic heterocycles. The number of furan rings is 1. The molecule has 0 aliphatic carbocycles. The van der Waals surface area contributed by atoms with Gasteiger partial charge in [-0.2, -0.15) is 0 Å². The third-order valence-electron chi connectivity index (χ3n) is 7.40. The van der Waals surface area contributed by atoms with Crippen LogP contribution in [0.25, 0.3) is 21.7 Å². The number of para-hydroxylation sites is 1. The third kappa shape index (κ3) is 4.36. The zero-order valence-electron chi connectivity index (χ0n) is 20.3. The molecule has 0 bridgehead atoms. The van der Waals surface area contributed by atoms with E-state index in [1.165, 1.54) is 10.9 Å². The number of fused-ring (bicyclic) bond motifs is 3. The molecule has 2 amide bonds. The van der Waals surface area contributed by atoms with Crippen molar-refractivity contribution in [3.8, 4) is 0 Å². The number of carbonyl (C=O) groups is 2. The predicted molar refractivity (Wildman–Crippen MR) is 143 cm³/mol. The molecule has 186 valence electrons. The van der Waals surface area contributed by atoms with E-state index in [0.717, 1.165) is 40.6 Å². The Morgan fingerprint density at radius 1 is 0.972 bits per heavy atom. The fourth-order valence-electron chi connectivity index (χ4n) is 5.57. The summed E-state index contributed by atoms with van der Waals surface area (Å²) in [6.45, 7) is 4.64. The monoisotopic (exact) mass is 503 g/mol. The van der Waals surface area contributed by atoms with Crippen molar-refractivity contribution in [2.24, 2.45) is 0 Å². The first-order chi connectivity index (χ1) is 17.1. The van der Waals surface area contributed by atoms with Gasteiger partial charge in [-0.25, -0.2) is 0 Å². The Morgan fingerprint density at radius 2 is 1.75 bits per heavy atom. The molecule has 2 atom stereocenters. The minimum atomic E-state index is -0.518. The van der Waals surface area contributed by atoms with E-state index < -0.39 is 12.1 Å². The molecule has 7 heteroatoms. The molecule has 6 rings (SSSR count). The SMILES string of the molecule is CCc1oc2ccccc2c1CN1CCN2C(=O)C(Cc3ccc4ccccc4c3)NC(=O)C2C1.Cl. The van der Waals surface area contributed by atoms with Crippen molar-refractivity contribution >= 4 is 46.0 Å². The second-order valence-corrected chi connectivity index (χ2v) is 9.58. The molecule has 0 saturated carbocycles. The average Bonchev–Trinajstić information content (AvgIpc) is 3.24. The van der Waals surface area contributed by atoms with Crippen LogP contribution in [-0.4, -0.2) is 53.3 Å². The van der Waals surface area contributed by atoms with Crippen LogP contribution in [0.5, 0.6) is 0 Å².